The fourth-order valence-corrected chi connectivity index (χ4v) is 0.682. The number of allylic oxidation sites excluding steroid dienone is 4. The Balaban J connectivity index is -0.0000000441. The summed E-state index contributed by atoms with van der Waals surface area (Å²) >= 11 is 0. The van der Waals surface area contributed by atoms with Gasteiger partial charge in [-0.2, -0.15) is 42.5 Å². The minimum Gasteiger partial charge on any atom is -0.358 e. The molecule has 0 aromatic heterocycles. The molecule has 1 radical (unpaired) electrons. The van der Waals surface area contributed by atoms with Crippen LogP contribution in [0.25, 0.3) is 0 Å². The van der Waals surface area contributed by atoms with Gasteiger partial charge in [-0.25, -0.2) is 12.2 Å². The summed E-state index contributed by atoms with van der Waals surface area (Å²) in [5.41, 5.74) is 0. The molecule has 0 saturated heterocycles. The molecule has 0 heterocycles. The molecule has 0 atom stereocenters. The maximum atomic E-state index is 2.99. The summed E-state index contributed by atoms with van der Waals surface area (Å²) in [5, 5.41) is 0. The molecule has 0 fully saturated rings. The summed E-state index contributed by atoms with van der Waals surface area (Å²) in [5.74, 6) is 0. The van der Waals surface area contributed by atoms with E-state index in [0.717, 1.165) is 15.9 Å². The van der Waals surface area contributed by atoms with Crippen LogP contribution in [0.1, 0.15) is 6.42 Å². The molecule has 1 aliphatic carbocycles. The quantitative estimate of drug-likeness (QED) is 0.468. The Morgan fingerprint density at radius 2 is 1.50 bits per heavy atom. The Kier molecular flexibility index (Phi) is 51.9. The molecule has 0 spiro atoms. The van der Waals surface area contributed by atoms with Crippen LogP contribution >= 0.6 is 12.4 Å². The Bertz CT molecular complexity index is 211. The summed E-state index contributed by atoms with van der Waals surface area (Å²) in [6.07, 6.45) is 10.0. The Morgan fingerprint density at radius 1 is 1.00 bits per heavy atom. The van der Waals surface area contributed by atoms with E-state index in [-0.39, 0.29) is 53.5 Å². The fourth-order valence-electron chi connectivity index (χ4n) is 0.682. The van der Waals surface area contributed by atoms with E-state index in [1.165, 1.54) is 0 Å². The van der Waals surface area contributed by atoms with Crippen molar-refractivity contribution in [3.05, 3.63) is 75.6 Å². The van der Waals surface area contributed by atoms with E-state index in [2.05, 4.69) is 31.3 Å². The van der Waals surface area contributed by atoms with Gasteiger partial charge in [0.2, 0.25) is 0 Å². The summed E-state index contributed by atoms with van der Waals surface area (Å²) < 4.78 is 0. The van der Waals surface area contributed by atoms with Crippen LogP contribution in [0.2, 0.25) is 13.1 Å². The first-order valence-corrected chi connectivity index (χ1v) is 7.09. The molecule has 0 saturated carbocycles. The molecule has 0 unspecified atom stereocenters. The minimum atomic E-state index is 0. The van der Waals surface area contributed by atoms with Crippen molar-refractivity contribution in [1.29, 1.82) is 0 Å². The summed E-state index contributed by atoms with van der Waals surface area (Å²) in [4.78, 5) is 0. The van der Waals surface area contributed by atoms with Crippen molar-refractivity contribution in [2.24, 2.45) is 0 Å². The fraction of sp³-hybridized carbons (Fsp3) is 0.200. The second-order valence-corrected chi connectivity index (χ2v) is 3.81. The molecular weight excluding hydrogens is 335 g/mol. The number of hydrogen-bond acceptors (Lipinski definition) is 0. The molecule has 18 heavy (non-hydrogen) atoms. The monoisotopic (exact) mass is 357 g/mol. The largest absolute Gasteiger partial charge is 4.00 e. The molecular formula is C15H24ClSiZr. The van der Waals surface area contributed by atoms with E-state index in [1.807, 2.05) is 42.5 Å². The van der Waals surface area contributed by atoms with Crippen LogP contribution in [-0.2, 0) is 26.2 Å². The van der Waals surface area contributed by atoms with Crippen LogP contribution in [-0.4, -0.2) is 9.52 Å². The Morgan fingerprint density at radius 3 is 1.61 bits per heavy atom. The molecule has 1 aromatic carbocycles. The van der Waals surface area contributed by atoms with Crippen LogP contribution in [0.5, 0.6) is 0 Å². The van der Waals surface area contributed by atoms with Crippen molar-refractivity contribution >= 4 is 21.9 Å². The maximum Gasteiger partial charge on any atom is 4.00 e. The zero-order valence-corrected chi connectivity index (χ0v) is 16.2. The molecule has 0 bridgehead atoms. The maximum absolute atomic E-state index is 2.99. The van der Waals surface area contributed by atoms with Gasteiger partial charge < -0.3 is 14.9 Å². The molecule has 0 N–H and O–H groups in total. The van der Waals surface area contributed by atoms with Crippen molar-refractivity contribution in [2.45, 2.75) is 19.5 Å². The van der Waals surface area contributed by atoms with Gasteiger partial charge in [0.15, 0.2) is 0 Å². The smallest absolute Gasteiger partial charge is 0.358 e. The molecule has 0 aliphatic heterocycles. The van der Waals surface area contributed by atoms with Crippen molar-refractivity contribution in [3.8, 4) is 0 Å². The standard InChI is InChI=1S/C6H5.C5H5.C2H7Si.2CH3.ClH.Zr/c1-2-4-6-5-3-1;1-2-4-5-3-1;1-3-2;;;;/h1-5H;1-3H,4H2;3H,1-2H3;2*1H3;1H;/q2*-1;;2*-1;;+4. The van der Waals surface area contributed by atoms with E-state index >= 15 is 0 Å². The van der Waals surface area contributed by atoms with Crippen LogP contribution in [0.4, 0.5) is 0 Å². The first kappa shape index (κ1) is 30.8. The van der Waals surface area contributed by atoms with Gasteiger partial charge in [-0.15, -0.1) is 18.8 Å². The van der Waals surface area contributed by atoms with Crippen molar-refractivity contribution in [1.82, 2.24) is 0 Å². The average molecular weight is 359 g/mol. The average Bonchev–Trinajstić information content (AvgIpc) is 2.80. The number of rotatable bonds is 0. The second-order valence-electron chi connectivity index (χ2n) is 2.66. The van der Waals surface area contributed by atoms with E-state index < -0.39 is 0 Å². The van der Waals surface area contributed by atoms with Crippen molar-refractivity contribution < 1.29 is 26.2 Å². The zero-order valence-electron chi connectivity index (χ0n) is 11.8. The third-order valence-corrected chi connectivity index (χ3v) is 1.19. The van der Waals surface area contributed by atoms with Crippen molar-refractivity contribution in [2.75, 3.05) is 0 Å². The van der Waals surface area contributed by atoms with Crippen molar-refractivity contribution in [3.63, 3.8) is 0 Å². The third-order valence-electron chi connectivity index (χ3n) is 1.19. The van der Waals surface area contributed by atoms with E-state index in [4.69, 9.17) is 0 Å². The normalized spacial score (nSPS) is 8.56. The van der Waals surface area contributed by atoms with Gasteiger partial charge in [-0.05, 0) is 0 Å². The number of benzene rings is 1. The van der Waals surface area contributed by atoms with E-state index in [0.29, 0.717) is 0 Å². The van der Waals surface area contributed by atoms with Gasteiger partial charge in [0, 0.05) is 9.52 Å². The van der Waals surface area contributed by atoms with Gasteiger partial charge in [-0.1, -0.05) is 13.1 Å². The molecule has 99 valence electrons. The summed E-state index contributed by atoms with van der Waals surface area (Å²) in [6, 6.07) is 12.5. The number of hydrogen-bond donors (Lipinski definition) is 0. The predicted molar refractivity (Wildman–Crippen MR) is 85.8 cm³/mol. The molecule has 3 heteroatoms. The van der Waals surface area contributed by atoms with Gasteiger partial charge in [0.25, 0.3) is 0 Å². The van der Waals surface area contributed by atoms with Gasteiger partial charge in [-0.3, -0.25) is 6.08 Å². The van der Waals surface area contributed by atoms with Gasteiger partial charge >= 0.3 is 26.2 Å². The molecule has 0 nitrogen and oxygen atoms in total. The van der Waals surface area contributed by atoms with Crippen LogP contribution < -0.4 is 0 Å². The summed E-state index contributed by atoms with van der Waals surface area (Å²) in [7, 11) is 0.750. The summed E-state index contributed by atoms with van der Waals surface area (Å²) in [6.45, 7) is 4.42. The molecule has 1 aromatic rings. The van der Waals surface area contributed by atoms with Crippen LogP contribution in [0.15, 0.2) is 48.6 Å². The SMILES string of the molecule is C[SiH]C.Cl.[C-]1=CC=CC1.[CH3-].[CH3-].[Zr+4].[c-]1ccccc1. The third kappa shape index (κ3) is 29.8. The first-order chi connectivity index (χ1) is 6.91. The van der Waals surface area contributed by atoms with E-state index in [9.17, 15) is 0 Å². The zero-order chi connectivity index (χ0) is 10.5. The van der Waals surface area contributed by atoms with Crippen LogP contribution in [0, 0.1) is 27.0 Å². The first-order valence-electron chi connectivity index (χ1n) is 4.78. The van der Waals surface area contributed by atoms with Gasteiger partial charge in [0.1, 0.15) is 0 Å². The van der Waals surface area contributed by atoms with Gasteiger partial charge in [0.05, 0.1) is 0 Å². The molecule has 0 amide bonds. The van der Waals surface area contributed by atoms with Crippen LogP contribution in [0.3, 0.4) is 0 Å². The predicted octanol–water partition coefficient (Wildman–Crippen LogP) is 4.63. The van der Waals surface area contributed by atoms with E-state index in [1.54, 1.807) is 0 Å². The topological polar surface area (TPSA) is 0 Å². The Hall–Kier alpha value is 0.0900. The molecule has 1 aliphatic rings. The number of halogens is 1. The molecule has 2 rings (SSSR count). The second kappa shape index (κ2) is 30.3. The Labute approximate surface area is 142 Å². The minimum absolute atomic E-state index is 0.